The number of nitrogens with one attached hydrogen (secondary N) is 1. The lowest BCUT2D eigenvalue weighted by atomic mass is 10.1. The second-order valence-electron chi connectivity index (χ2n) is 7.39. The van der Waals surface area contributed by atoms with Crippen molar-refractivity contribution in [1.82, 2.24) is 33.8 Å². The molecule has 0 atom stereocenters. The number of hydrogen-bond acceptors (Lipinski definition) is 6. The van der Waals surface area contributed by atoms with Crippen LogP contribution >= 0.6 is 0 Å². The topological polar surface area (TPSA) is 126 Å². The summed E-state index contributed by atoms with van der Waals surface area (Å²) in [6.45, 7) is 0.0319. The van der Waals surface area contributed by atoms with Gasteiger partial charge in [0.05, 0.1) is 18.6 Å². The standard InChI is InChI=1S/C21H20FN7O4/c1-26-19-18(20(32)27(2)21(26)33)28(12-24-19)11-16(30)23-9-10-29-17(31)8-7-15(25-29)13-3-5-14(22)6-4-13/h3-8,12H,9-11H2,1-2H3,(H,23,30). The molecule has 4 aromatic rings. The van der Waals surface area contributed by atoms with E-state index in [4.69, 9.17) is 0 Å². The van der Waals surface area contributed by atoms with Crippen LogP contribution in [-0.4, -0.2) is 40.9 Å². The molecule has 0 fully saturated rings. The van der Waals surface area contributed by atoms with Crippen molar-refractivity contribution in [3.8, 4) is 11.3 Å². The fourth-order valence-electron chi connectivity index (χ4n) is 3.41. The largest absolute Gasteiger partial charge is 0.353 e. The molecule has 0 aliphatic carbocycles. The molecule has 4 rings (SSSR count). The number of fused-ring (bicyclic) bond motifs is 1. The molecule has 0 spiro atoms. The quantitative estimate of drug-likeness (QED) is 0.424. The van der Waals surface area contributed by atoms with Crippen molar-refractivity contribution in [2.45, 2.75) is 13.1 Å². The van der Waals surface area contributed by atoms with Gasteiger partial charge in [0.2, 0.25) is 5.91 Å². The Morgan fingerprint density at radius 1 is 1.03 bits per heavy atom. The van der Waals surface area contributed by atoms with Gasteiger partial charge in [0, 0.05) is 32.3 Å². The van der Waals surface area contributed by atoms with Gasteiger partial charge in [-0.15, -0.1) is 0 Å². The van der Waals surface area contributed by atoms with E-state index in [9.17, 15) is 23.6 Å². The third-order valence-corrected chi connectivity index (χ3v) is 5.18. The maximum atomic E-state index is 13.1. The molecule has 0 bridgehead atoms. The van der Waals surface area contributed by atoms with Crippen molar-refractivity contribution in [2.75, 3.05) is 6.54 Å². The van der Waals surface area contributed by atoms with Crippen LogP contribution in [-0.2, 0) is 32.0 Å². The molecule has 0 saturated heterocycles. The van der Waals surface area contributed by atoms with Gasteiger partial charge in [-0.05, 0) is 30.3 Å². The molecule has 0 unspecified atom stereocenters. The predicted octanol–water partition coefficient (Wildman–Crippen LogP) is -0.387. The van der Waals surface area contributed by atoms with E-state index in [1.165, 1.54) is 52.4 Å². The van der Waals surface area contributed by atoms with Crippen molar-refractivity contribution >= 4 is 17.1 Å². The molecule has 0 radical (unpaired) electrons. The van der Waals surface area contributed by atoms with Crippen LogP contribution in [0, 0.1) is 5.82 Å². The summed E-state index contributed by atoms with van der Waals surface area (Å²) >= 11 is 0. The Labute approximate surface area is 185 Å². The van der Waals surface area contributed by atoms with E-state index >= 15 is 0 Å². The highest BCUT2D eigenvalue weighted by Crippen LogP contribution is 2.15. The fraction of sp³-hybridized carbons (Fsp3) is 0.238. The second-order valence-corrected chi connectivity index (χ2v) is 7.39. The molecule has 3 heterocycles. The second kappa shape index (κ2) is 8.65. The molecule has 0 aliphatic rings. The van der Waals surface area contributed by atoms with E-state index in [2.05, 4.69) is 15.4 Å². The molecule has 1 N–H and O–H groups in total. The van der Waals surface area contributed by atoms with E-state index in [1.807, 2.05) is 0 Å². The summed E-state index contributed by atoms with van der Waals surface area (Å²) < 4.78 is 17.9. The van der Waals surface area contributed by atoms with Crippen molar-refractivity contribution in [3.05, 3.63) is 79.7 Å². The third kappa shape index (κ3) is 4.22. The first kappa shape index (κ1) is 21.9. The van der Waals surface area contributed by atoms with E-state index < -0.39 is 17.2 Å². The minimum atomic E-state index is -0.549. The number of benzene rings is 1. The first-order chi connectivity index (χ1) is 15.8. The zero-order valence-electron chi connectivity index (χ0n) is 17.9. The number of amides is 1. The molecule has 0 aliphatic heterocycles. The minimum Gasteiger partial charge on any atom is -0.353 e. The Bertz CT molecular complexity index is 1530. The van der Waals surface area contributed by atoms with Gasteiger partial charge in [0.25, 0.3) is 11.1 Å². The molecule has 0 saturated carbocycles. The van der Waals surface area contributed by atoms with Gasteiger partial charge in [-0.25, -0.2) is 18.9 Å². The van der Waals surface area contributed by atoms with Crippen LogP contribution in [0.15, 0.2) is 57.1 Å². The maximum Gasteiger partial charge on any atom is 0.332 e. The molecule has 11 nitrogen and oxygen atoms in total. The van der Waals surface area contributed by atoms with Crippen LogP contribution in [0.4, 0.5) is 4.39 Å². The molecule has 170 valence electrons. The number of aromatic nitrogens is 6. The minimum absolute atomic E-state index is 0.112. The Hall–Kier alpha value is -4.35. The number of carbonyl (C=O) groups is 1. The number of hydrogen-bond donors (Lipinski definition) is 1. The average Bonchev–Trinajstić information content (AvgIpc) is 3.21. The average molecular weight is 453 g/mol. The Kier molecular flexibility index (Phi) is 5.73. The van der Waals surface area contributed by atoms with Crippen molar-refractivity contribution in [3.63, 3.8) is 0 Å². The Morgan fingerprint density at radius 3 is 2.48 bits per heavy atom. The van der Waals surface area contributed by atoms with E-state index in [0.717, 1.165) is 4.57 Å². The molecule has 1 amide bonds. The first-order valence-corrected chi connectivity index (χ1v) is 9.98. The van der Waals surface area contributed by atoms with Gasteiger partial charge in [-0.3, -0.25) is 23.5 Å². The lowest BCUT2D eigenvalue weighted by Crippen LogP contribution is -2.38. The van der Waals surface area contributed by atoms with E-state index in [0.29, 0.717) is 11.3 Å². The Morgan fingerprint density at radius 2 is 1.76 bits per heavy atom. The van der Waals surface area contributed by atoms with Crippen LogP contribution in [0.25, 0.3) is 22.4 Å². The van der Waals surface area contributed by atoms with Crippen LogP contribution < -0.4 is 22.1 Å². The zero-order valence-corrected chi connectivity index (χ0v) is 17.9. The number of imidazole rings is 1. The highest BCUT2D eigenvalue weighted by Gasteiger charge is 2.16. The summed E-state index contributed by atoms with van der Waals surface area (Å²) in [5.41, 5.74) is 0.0585. The number of aryl methyl sites for hydroxylation is 1. The lowest BCUT2D eigenvalue weighted by Gasteiger charge is -2.10. The van der Waals surface area contributed by atoms with Gasteiger partial charge in [0.1, 0.15) is 12.4 Å². The van der Waals surface area contributed by atoms with Gasteiger partial charge < -0.3 is 9.88 Å². The lowest BCUT2D eigenvalue weighted by molar-refractivity contribution is -0.121. The fourth-order valence-corrected chi connectivity index (χ4v) is 3.41. The maximum absolute atomic E-state index is 13.1. The van der Waals surface area contributed by atoms with E-state index in [-0.39, 0.29) is 42.2 Å². The smallest absolute Gasteiger partial charge is 0.332 e. The predicted molar refractivity (Wildman–Crippen MR) is 117 cm³/mol. The van der Waals surface area contributed by atoms with Gasteiger partial charge >= 0.3 is 5.69 Å². The van der Waals surface area contributed by atoms with Crippen molar-refractivity contribution in [2.24, 2.45) is 14.1 Å². The van der Waals surface area contributed by atoms with Crippen LogP contribution in [0.5, 0.6) is 0 Å². The summed E-state index contributed by atoms with van der Waals surface area (Å²) in [6, 6.07) is 8.62. The molecule has 33 heavy (non-hydrogen) atoms. The number of nitrogens with zero attached hydrogens (tertiary/aromatic N) is 6. The summed E-state index contributed by atoms with van der Waals surface area (Å²) in [7, 11) is 2.85. The molecule has 12 heteroatoms. The molecule has 1 aromatic carbocycles. The number of carbonyl (C=O) groups excluding carboxylic acids is 1. The molecule has 3 aromatic heterocycles. The zero-order chi connectivity index (χ0) is 23.7. The summed E-state index contributed by atoms with van der Waals surface area (Å²) in [5, 5.41) is 6.94. The molecular formula is C21H20FN7O4. The highest BCUT2D eigenvalue weighted by atomic mass is 19.1. The number of halogens is 1. The third-order valence-electron chi connectivity index (χ3n) is 5.18. The van der Waals surface area contributed by atoms with Crippen LogP contribution in [0.1, 0.15) is 0 Å². The first-order valence-electron chi connectivity index (χ1n) is 9.98. The van der Waals surface area contributed by atoms with Crippen LogP contribution in [0.3, 0.4) is 0 Å². The van der Waals surface area contributed by atoms with Gasteiger partial charge in [-0.2, -0.15) is 5.10 Å². The van der Waals surface area contributed by atoms with Gasteiger partial charge in [-0.1, -0.05) is 0 Å². The normalized spacial score (nSPS) is 11.1. The summed E-state index contributed by atoms with van der Waals surface area (Å²) in [6.07, 6.45) is 1.32. The number of rotatable bonds is 6. The highest BCUT2D eigenvalue weighted by molar-refractivity contribution is 5.78. The Balaban J connectivity index is 1.45. The van der Waals surface area contributed by atoms with Crippen molar-refractivity contribution < 1.29 is 9.18 Å². The summed E-state index contributed by atoms with van der Waals surface area (Å²) in [4.78, 5) is 53.1. The monoisotopic (exact) mass is 453 g/mol. The van der Waals surface area contributed by atoms with E-state index in [1.54, 1.807) is 18.2 Å². The SMILES string of the molecule is Cn1c(=O)c2c(ncn2CC(=O)NCCn2nc(-c3ccc(F)cc3)ccc2=O)n(C)c1=O. The van der Waals surface area contributed by atoms with Crippen LogP contribution in [0.2, 0.25) is 0 Å². The molecular weight excluding hydrogens is 433 g/mol. The van der Waals surface area contributed by atoms with Crippen molar-refractivity contribution in [1.29, 1.82) is 0 Å². The van der Waals surface area contributed by atoms with Gasteiger partial charge in [0.15, 0.2) is 11.2 Å². The summed E-state index contributed by atoms with van der Waals surface area (Å²) in [5.74, 6) is -0.784.